The highest BCUT2D eigenvalue weighted by molar-refractivity contribution is 6.31. The summed E-state index contributed by atoms with van der Waals surface area (Å²) in [4.78, 5) is 8.98. The Morgan fingerprint density at radius 3 is 2.53 bits per heavy atom. The molecule has 2 atom stereocenters. The normalized spacial score (nSPS) is 15.1. The zero-order valence-electron chi connectivity index (χ0n) is 11.7. The van der Waals surface area contributed by atoms with Crippen molar-refractivity contribution in [3.63, 3.8) is 0 Å². The lowest BCUT2D eigenvalue weighted by Gasteiger charge is -2.18. The van der Waals surface area contributed by atoms with Crippen LogP contribution in [0.25, 0.3) is 11.2 Å². The van der Waals surface area contributed by atoms with Crippen LogP contribution in [0.15, 0.2) is 12.3 Å². The van der Waals surface area contributed by atoms with Gasteiger partial charge in [-0.15, -0.1) is 11.6 Å². The molecule has 3 nitrogen and oxygen atoms in total. The van der Waals surface area contributed by atoms with E-state index in [9.17, 15) is 0 Å². The van der Waals surface area contributed by atoms with Crippen molar-refractivity contribution < 1.29 is 0 Å². The Balaban J connectivity index is 2.52. The summed E-state index contributed by atoms with van der Waals surface area (Å²) in [5.41, 5.74) is 1.67. The van der Waals surface area contributed by atoms with E-state index in [1.165, 1.54) is 0 Å². The number of aromatic nitrogens is 3. The van der Waals surface area contributed by atoms with Gasteiger partial charge < -0.3 is 4.57 Å². The number of pyridine rings is 1. The fraction of sp³-hybridized carbons (Fsp3) is 0.571. The van der Waals surface area contributed by atoms with Gasteiger partial charge in [-0.25, -0.2) is 9.97 Å². The van der Waals surface area contributed by atoms with E-state index < -0.39 is 0 Å². The molecule has 2 aromatic heterocycles. The van der Waals surface area contributed by atoms with Crippen molar-refractivity contribution in [2.45, 2.75) is 39.6 Å². The van der Waals surface area contributed by atoms with Crippen LogP contribution in [0.4, 0.5) is 0 Å². The molecule has 0 spiro atoms. The Morgan fingerprint density at radius 1 is 1.26 bits per heavy atom. The summed E-state index contributed by atoms with van der Waals surface area (Å²) in [6.07, 6.45) is 1.66. The van der Waals surface area contributed by atoms with E-state index in [1.54, 1.807) is 6.20 Å². The first-order valence-corrected chi connectivity index (χ1v) is 7.37. The SMILES string of the molecule is CC(Cl)c1nc2cc(Cl)cnc2n1CC(C)C(C)C. The lowest BCUT2D eigenvalue weighted by atomic mass is 9.98. The van der Waals surface area contributed by atoms with Gasteiger partial charge >= 0.3 is 0 Å². The first-order chi connectivity index (χ1) is 8.90. The van der Waals surface area contributed by atoms with Gasteiger partial charge in [-0.3, -0.25) is 0 Å². The lowest BCUT2D eigenvalue weighted by Crippen LogP contribution is -2.15. The smallest absolute Gasteiger partial charge is 0.160 e. The first-order valence-electron chi connectivity index (χ1n) is 6.56. The molecule has 0 aliphatic carbocycles. The molecule has 0 aromatic carbocycles. The summed E-state index contributed by atoms with van der Waals surface area (Å²) in [6.45, 7) is 9.47. The molecule has 0 N–H and O–H groups in total. The molecule has 0 radical (unpaired) electrons. The van der Waals surface area contributed by atoms with E-state index in [4.69, 9.17) is 23.2 Å². The number of fused-ring (bicyclic) bond motifs is 1. The van der Waals surface area contributed by atoms with Gasteiger partial charge in [0.05, 0.1) is 10.4 Å². The van der Waals surface area contributed by atoms with Crippen LogP contribution < -0.4 is 0 Å². The first kappa shape index (κ1) is 14.6. The number of hydrogen-bond donors (Lipinski definition) is 0. The highest BCUT2D eigenvalue weighted by Crippen LogP contribution is 2.27. The highest BCUT2D eigenvalue weighted by Gasteiger charge is 2.19. The van der Waals surface area contributed by atoms with Crippen LogP contribution in [0, 0.1) is 11.8 Å². The number of rotatable bonds is 4. The molecule has 0 fully saturated rings. The number of alkyl halides is 1. The molecular formula is C14H19Cl2N3. The van der Waals surface area contributed by atoms with Crippen LogP contribution in [-0.2, 0) is 6.54 Å². The second kappa shape index (κ2) is 5.68. The van der Waals surface area contributed by atoms with E-state index in [0.29, 0.717) is 16.9 Å². The van der Waals surface area contributed by atoms with E-state index >= 15 is 0 Å². The van der Waals surface area contributed by atoms with E-state index in [1.807, 2.05) is 13.0 Å². The summed E-state index contributed by atoms with van der Waals surface area (Å²) >= 11 is 12.2. The molecule has 0 aliphatic heterocycles. The van der Waals surface area contributed by atoms with E-state index in [-0.39, 0.29) is 5.38 Å². The largest absolute Gasteiger partial charge is 0.311 e. The van der Waals surface area contributed by atoms with Crippen molar-refractivity contribution in [2.24, 2.45) is 11.8 Å². The van der Waals surface area contributed by atoms with E-state index in [0.717, 1.165) is 23.5 Å². The molecule has 5 heteroatoms. The predicted octanol–water partition coefficient (Wildman–Crippen LogP) is 4.68. The third kappa shape index (κ3) is 3.03. The summed E-state index contributed by atoms with van der Waals surface area (Å²) in [6, 6.07) is 1.84. The predicted molar refractivity (Wildman–Crippen MR) is 80.8 cm³/mol. The molecule has 0 saturated carbocycles. The number of imidazole rings is 1. The van der Waals surface area contributed by atoms with Gasteiger partial charge in [0.25, 0.3) is 0 Å². The maximum atomic E-state index is 6.24. The van der Waals surface area contributed by atoms with Crippen LogP contribution >= 0.6 is 23.2 Å². The van der Waals surface area contributed by atoms with Gasteiger partial charge in [0.1, 0.15) is 11.3 Å². The fourth-order valence-corrected chi connectivity index (χ4v) is 2.31. The summed E-state index contributed by atoms with van der Waals surface area (Å²) in [7, 11) is 0. The maximum Gasteiger partial charge on any atom is 0.160 e. The molecule has 0 saturated heterocycles. The molecule has 104 valence electrons. The van der Waals surface area contributed by atoms with Gasteiger partial charge in [0.15, 0.2) is 5.65 Å². The monoisotopic (exact) mass is 299 g/mol. The highest BCUT2D eigenvalue weighted by atomic mass is 35.5. The topological polar surface area (TPSA) is 30.7 Å². The number of halogens is 2. The zero-order chi connectivity index (χ0) is 14.2. The summed E-state index contributed by atoms with van der Waals surface area (Å²) in [5, 5.41) is 0.454. The lowest BCUT2D eigenvalue weighted by molar-refractivity contribution is 0.363. The average Bonchev–Trinajstić information content (AvgIpc) is 2.67. The van der Waals surface area contributed by atoms with Crippen LogP contribution in [-0.4, -0.2) is 14.5 Å². The minimum Gasteiger partial charge on any atom is -0.311 e. The standard InChI is InChI=1S/C14H19Cl2N3/c1-8(2)9(3)7-19-13(10(4)15)18-12-5-11(16)6-17-14(12)19/h5-6,8-10H,7H2,1-4H3. The fourth-order valence-electron chi connectivity index (χ4n) is 1.99. The average molecular weight is 300 g/mol. The van der Waals surface area contributed by atoms with Crippen molar-refractivity contribution >= 4 is 34.4 Å². The molecule has 2 rings (SSSR count). The van der Waals surface area contributed by atoms with Crippen molar-refractivity contribution in [1.82, 2.24) is 14.5 Å². The van der Waals surface area contributed by atoms with Crippen LogP contribution in [0.3, 0.4) is 0 Å². The summed E-state index contributed by atoms with van der Waals surface area (Å²) < 4.78 is 2.12. The molecule has 19 heavy (non-hydrogen) atoms. The number of hydrogen-bond acceptors (Lipinski definition) is 2. The second-order valence-electron chi connectivity index (χ2n) is 5.41. The Morgan fingerprint density at radius 2 is 1.95 bits per heavy atom. The van der Waals surface area contributed by atoms with Crippen molar-refractivity contribution in [1.29, 1.82) is 0 Å². The zero-order valence-corrected chi connectivity index (χ0v) is 13.2. The molecule has 2 unspecified atom stereocenters. The molecule has 0 bridgehead atoms. The van der Waals surface area contributed by atoms with Crippen LogP contribution in [0.5, 0.6) is 0 Å². The Bertz CT molecular complexity index is 575. The number of nitrogens with zero attached hydrogens (tertiary/aromatic N) is 3. The van der Waals surface area contributed by atoms with Crippen LogP contribution in [0.2, 0.25) is 5.02 Å². The van der Waals surface area contributed by atoms with Gasteiger partial charge in [0.2, 0.25) is 0 Å². The third-order valence-corrected chi connectivity index (χ3v) is 3.95. The molecule has 0 aliphatic rings. The van der Waals surface area contributed by atoms with Crippen LogP contribution in [0.1, 0.15) is 38.9 Å². The quantitative estimate of drug-likeness (QED) is 0.768. The van der Waals surface area contributed by atoms with Gasteiger partial charge in [-0.05, 0) is 24.8 Å². The minimum atomic E-state index is -0.146. The molecular weight excluding hydrogens is 281 g/mol. The van der Waals surface area contributed by atoms with E-state index in [2.05, 4.69) is 35.3 Å². The van der Waals surface area contributed by atoms with Crippen molar-refractivity contribution in [3.8, 4) is 0 Å². The Labute approximate surface area is 123 Å². The van der Waals surface area contributed by atoms with Gasteiger partial charge in [-0.1, -0.05) is 32.4 Å². The third-order valence-electron chi connectivity index (χ3n) is 3.55. The molecule has 2 aromatic rings. The summed E-state index contributed by atoms with van der Waals surface area (Å²) in [5.74, 6) is 1.99. The Hall–Kier alpha value is -0.800. The maximum absolute atomic E-state index is 6.24. The van der Waals surface area contributed by atoms with Crippen molar-refractivity contribution in [2.75, 3.05) is 0 Å². The molecule has 0 amide bonds. The second-order valence-corrected chi connectivity index (χ2v) is 6.51. The Kier molecular flexibility index (Phi) is 4.36. The van der Waals surface area contributed by atoms with Gasteiger partial charge in [0, 0.05) is 12.7 Å². The van der Waals surface area contributed by atoms with Crippen molar-refractivity contribution in [3.05, 3.63) is 23.1 Å². The van der Waals surface area contributed by atoms with Gasteiger partial charge in [-0.2, -0.15) is 0 Å². The minimum absolute atomic E-state index is 0.146. The molecule has 2 heterocycles.